The first kappa shape index (κ1) is 23.7. The van der Waals surface area contributed by atoms with Crippen LogP contribution in [-0.4, -0.2) is 35.1 Å². The highest BCUT2D eigenvalue weighted by Gasteiger charge is 2.27. The summed E-state index contributed by atoms with van der Waals surface area (Å²) in [7, 11) is 0. The molecule has 31 heavy (non-hydrogen) atoms. The van der Waals surface area contributed by atoms with Crippen molar-refractivity contribution >= 4 is 17.9 Å². The van der Waals surface area contributed by atoms with Gasteiger partial charge in [-0.05, 0) is 35.6 Å². The number of nitrogens with one attached hydrogen (secondary N) is 2. The van der Waals surface area contributed by atoms with Crippen molar-refractivity contribution in [3.05, 3.63) is 65.7 Å². The molecule has 0 aliphatic carbocycles. The Morgan fingerprint density at radius 3 is 2.16 bits per heavy atom. The lowest BCUT2D eigenvalue weighted by Crippen LogP contribution is -2.54. The zero-order chi connectivity index (χ0) is 22.8. The van der Waals surface area contributed by atoms with Gasteiger partial charge in [0.1, 0.15) is 24.4 Å². The van der Waals surface area contributed by atoms with Gasteiger partial charge in [0, 0.05) is 6.42 Å². The summed E-state index contributed by atoms with van der Waals surface area (Å²) in [5.74, 6) is -0.964. The number of alkyl carbamates (subject to hydrolysis) is 1. The number of amides is 3. The molecule has 8 heteroatoms. The molecule has 0 saturated heterocycles. The molecule has 3 amide bonds. The maximum atomic E-state index is 12.9. The molecule has 0 unspecified atom stereocenters. The molecule has 5 N–H and O–H groups in total. The minimum Gasteiger partial charge on any atom is -0.508 e. The average molecular weight is 428 g/mol. The van der Waals surface area contributed by atoms with E-state index in [1.165, 1.54) is 12.1 Å². The molecule has 2 aromatic carbocycles. The second-order valence-corrected chi connectivity index (χ2v) is 7.72. The first-order valence-corrected chi connectivity index (χ1v) is 10.1. The van der Waals surface area contributed by atoms with E-state index in [0.717, 1.165) is 5.56 Å². The van der Waals surface area contributed by atoms with Gasteiger partial charge >= 0.3 is 6.09 Å². The average Bonchev–Trinajstić information content (AvgIpc) is 2.73. The molecule has 0 radical (unpaired) electrons. The van der Waals surface area contributed by atoms with Crippen LogP contribution in [0.15, 0.2) is 54.6 Å². The molecule has 2 aromatic rings. The minimum atomic E-state index is -0.998. The van der Waals surface area contributed by atoms with Gasteiger partial charge in [0.05, 0.1) is 0 Å². The molecule has 0 aliphatic heterocycles. The quantitative estimate of drug-likeness (QED) is 0.462. The number of nitrogens with two attached hydrogens (primary N) is 1. The van der Waals surface area contributed by atoms with E-state index >= 15 is 0 Å². The largest absolute Gasteiger partial charge is 0.508 e. The van der Waals surface area contributed by atoms with Gasteiger partial charge in [0.25, 0.3) is 0 Å². The summed E-state index contributed by atoms with van der Waals surface area (Å²) in [4.78, 5) is 36.9. The summed E-state index contributed by atoms with van der Waals surface area (Å²) < 4.78 is 5.22. The standard InChI is InChI=1S/C23H29N3O5/c1-15(2)12-19(21(24)28)25-22(29)20(13-16-8-10-18(27)11-9-16)26-23(30)31-14-17-6-4-3-5-7-17/h3-11,15,19-20,27H,12-14H2,1-2H3,(H2,24,28)(H,25,29)(H,26,30)/t19-,20-/m0/s1. The van der Waals surface area contributed by atoms with Crippen LogP contribution >= 0.6 is 0 Å². The maximum absolute atomic E-state index is 12.9. The van der Waals surface area contributed by atoms with Crippen LogP contribution in [0.2, 0.25) is 0 Å². The maximum Gasteiger partial charge on any atom is 0.408 e. The van der Waals surface area contributed by atoms with E-state index < -0.39 is 30.0 Å². The lowest BCUT2D eigenvalue weighted by molar-refractivity contribution is -0.128. The van der Waals surface area contributed by atoms with E-state index in [0.29, 0.717) is 12.0 Å². The summed E-state index contributed by atoms with van der Waals surface area (Å²) >= 11 is 0. The molecule has 8 nitrogen and oxygen atoms in total. The smallest absolute Gasteiger partial charge is 0.408 e. The molecular weight excluding hydrogens is 398 g/mol. The van der Waals surface area contributed by atoms with E-state index in [1.54, 1.807) is 12.1 Å². The van der Waals surface area contributed by atoms with Crippen molar-refractivity contribution in [2.24, 2.45) is 11.7 Å². The van der Waals surface area contributed by atoms with E-state index in [1.807, 2.05) is 44.2 Å². The molecule has 0 aliphatic rings. The summed E-state index contributed by atoms with van der Waals surface area (Å²) in [5, 5.41) is 14.7. The van der Waals surface area contributed by atoms with Crippen LogP contribution in [0.1, 0.15) is 31.4 Å². The SMILES string of the molecule is CC(C)C[C@H](NC(=O)[C@H](Cc1ccc(O)cc1)NC(=O)OCc1ccccc1)C(N)=O. The number of rotatable bonds is 10. The van der Waals surface area contributed by atoms with Crippen molar-refractivity contribution in [3.63, 3.8) is 0 Å². The van der Waals surface area contributed by atoms with Gasteiger partial charge in [0.15, 0.2) is 0 Å². The van der Waals surface area contributed by atoms with E-state index in [2.05, 4.69) is 10.6 Å². The number of phenolic OH excluding ortho intramolecular Hbond substituents is 1. The van der Waals surface area contributed by atoms with Gasteiger partial charge in [-0.25, -0.2) is 4.79 Å². The molecule has 2 rings (SSSR count). The Kier molecular flexibility index (Phi) is 8.87. The second-order valence-electron chi connectivity index (χ2n) is 7.72. The molecule has 2 atom stereocenters. The summed E-state index contributed by atoms with van der Waals surface area (Å²) in [5.41, 5.74) is 6.94. The fourth-order valence-corrected chi connectivity index (χ4v) is 2.97. The Morgan fingerprint density at radius 1 is 0.935 bits per heavy atom. The van der Waals surface area contributed by atoms with E-state index in [-0.39, 0.29) is 24.7 Å². The lowest BCUT2D eigenvalue weighted by atomic mass is 10.0. The van der Waals surface area contributed by atoms with Gasteiger partial charge < -0.3 is 26.2 Å². The number of primary amides is 1. The summed E-state index contributed by atoms with van der Waals surface area (Å²) in [6, 6.07) is 13.6. The zero-order valence-electron chi connectivity index (χ0n) is 17.7. The predicted octanol–water partition coefficient (Wildman–Crippen LogP) is 2.25. The first-order valence-electron chi connectivity index (χ1n) is 10.1. The number of aromatic hydroxyl groups is 1. The Bertz CT molecular complexity index is 869. The third-order valence-electron chi connectivity index (χ3n) is 4.56. The molecule has 0 saturated carbocycles. The highest BCUT2D eigenvalue weighted by atomic mass is 16.5. The predicted molar refractivity (Wildman–Crippen MR) is 116 cm³/mol. The number of ether oxygens (including phenoxy) is 1. The topological polar surface area (TPSA) is 131 Å². The van der Waals surface area contributed by atoms with Crippen molar-refractivity contribution < 1.29 is 24.2 Å². The molecule has 0 bridgehead atoms. The lowest BCUT2D eigenvalue weighted by Gasteiger charge is -2.23. The van der Waals surface area contributed by atoms with Crippen LogP contribution < -0.4 is 16.4 Å². The fourth-order valence-electron chi connectivity index (χ4n) is 2.97. The van der Waals surface area contributed by atoms with Crippen LogP contribution in [0.4, 0.5) is 4.79 Å². The van der Waals surface area contributed by atoms with Crippen LogP contribution in [0, 0.1) is 5.92 Å². The summed E-state index contributed by atoms with van der Waals surface area (Å²) in [6.07, 6.45) is -0.243. The molecule has 166 valence electrons. The number of benzene rings is 2. The molecule has 0 heterocycles. The Hall–Kier alpha value is -3.55. The Morgan fingerprint density at radius 2 is 1.58 bits per heavy atom. The monoisotopic (exact) mass is 427 g/mol. The highest BCUT2D eigenvalue weighted by molar-refractivity contribution is 5.90. The number of hydrogen-bond donors (Lipinski definition) is 4. The van der Waals surface area contributed by atoms with Crippen LogP contribution in [0.5, 0.6) is 5.75 Å². The van der Waals surface area contributed by atoms with Gasteiger partial charge in [-0.3, -0.25) is 9.59 Å². The zero-order valence-corrected chi connectivity index (χ0v) is 17.7. The second kappa shape index (κ2) is 11.6. The third kappa shape index (κ3) is 8.38. The third-order valence-corrected chi connectivity index (χ3v) is 4.56. The number of hydrogen-bond acceptors (Lipinski definition) is 5. The van der Waals surface area contributed by atoms with Gasteiger partial charge in [-0.2, -0.15) is 0 Å². The molecule has 0 spiro atoms. The van der Waals surface area contributed by atoms with Gasteiger partial charge in [-0.15, -0.1) is 0 Å². The van der Waals surface area contributed by atoms with Crippen molar-refractivity contribution in [1.82, 2.24) is 10.6 Å². The van der Waals surface area contributed by atoms with Crippen molar-refractivity contribution in [2.75, 3.05) is 0 Å². The highest BCUT2D eigenvalue weighted by Crippen LogP contribution is 2.12. The molecular formula is C23H29N3O5. The minimum absolute atomic E-state index is 0.0531. The summed E-state index contributed by atoms with van der Waals surface area (Å²) in [6.45, 7) is 3.88. The molecule has 0 aromatic heterocycles. The van der Waals surface area contributed by atoms with Crippen molar-refractivity contribution in [3.8, 4) is 5.75 Å². The fraction of sp³-hybridized carbons (Fsp3) is 0.348. The number of carbonyl (C=O) groups excluding carboxylic acids is 3. The molecule has 0 fully saturated rings. The number of phenols is 1. The number of carbonyl (C=O) groups is 3. The Balaban J connectivity index is 2.08. The van der Waals surface area contributed by atoms with E-state index in [9.17, 15) is 19.5 Å². The normalized spacial score (nSPS) is 12.6. The Labute approximate surface area is 181 Å². The van der Waals surface area contributed by atoms with Crippen LogP contribution in [0.25, 0.3) is 0 Å². The van der Waals surface area contributed by atoms with Crippen molar-refractivity contribution in [1.29, 1.82) is 0 Å². The van der Waals surface area contributed by atoms with Crippen LogP contribution in [-0.2, 0) is 27.4 Å². The van der Waals surface area contributed by atoms with Crippen LogP contribution in [0.3, 0.4) is 0 Å². The first-order chi connectivity index (χ1) is 14.7. The van der Waals surface area contributed by atoms with Crippen molar-refractivity contribution in [2.45, 2.75) is 45.4 Å². The van der Waals surface area contributed by atoms with Gasteiger partial charge in [-0.1, -0.05) is 56.3 Å². The van der Waals surface area contributed by atoms with Gasteiger partial charge in [0.2, 0.25) is 11.8 Å². The van der Waals surface area contributed by atoms with E-state index in [4.69, 9.17) is 10.5 Å².